The summed E-state index contributed by atoms with van der Waals surface area (Å²) in [5, 5.41) is 3.48. The fraction of sp³-hybridized carbons (Fsp3) is 0.615. The lowest BCUT2D eigenvalue weighted by Gasteiger charge is -2.23. The molecular formula is C13H20N2O2. The van der Waals surface area contributed by atoms with Gasteiger partial charge in [-0.05, 0) is 25.8 Å². The van der Waals surface area contributed by atoms with E-state index in [-0.39, 0.29) is 5.56 Å². The largest absolute Gasteiger partial charge is 0.381 e. The van der Waals surface area contributed by atoms with E-state index in [4.69, 9.17) is 4.74 Å². The second-order valence-electron chi connectivity index (χ2n) is 4.53. The molecule has 1 aromatic heterocycles. The van der Waals surface area contributed by atoms with Gasteiger partial charge >= 0.3 is 0 Å². The Kier molecular flexibility index (Phi) is 4.34. The van der Waals surface area contributed by atoms with Gasteiger partial charge in [0.25, 0.3) is 5.56 Å². The van der Waals surface area contributed by atoms with Crippen LogP contribution in [-0.4, -0.2) is 30.4 Å². The minimum Gasteiger partial charge on any atom is -0.381 e. The van der Waals surface area contributed by atoms with Gasteiger partial charge in [-0.1, -0.05) is 6.07 Å². The molecule has 0 aromatic carbocycles. The van der Waals surface area contributed by atoms with E-state index >= 15 is 0 Å². The van der Waals surface area contributed by atoms with Gasteiger partial charge < -0.3 is 14.6 Å². The summed E-state index contributed by atoms with van der Waals surface area (Å²) in [4.78, 5) is 11.8. The Balaban J connectivity index is 1.81. The first kappa shape index (κ1) is 12.3. The lowest BCUT2D eigenvalue weighted by atomic mass is 10.1. The first-order valence-electron chi connectivity index (χ1n) is 6.24. The van der Waals surface area contributed by atoms with E-state index in [2.05, 4.69) is 5.32 Å². The lowest BCUT2D eigenvalue weighted by molar-refractivity contribution is 0.0778. The van der Waals surface area contributed by atoms with Crippen LogP contribution in [0.5, 0.6) is 0 Å². The second kappa shape index (κ2) is 5.98. The Morgan fingerprint density at radius 1 is 1.47 bits per heavy atom. The Bertz CT molecular complexity index is 408. The van der Waals surface area contributed by atoms with Crippen LogP contribution in [-0.2, 0) is 11.3 Å². The summed E-state index contributed by atoms with van der Waals surface area (Å²) in [7, 11) is 0. The van der Waals surface area contributed by atoms with Gasteiger partial charge in [0, 0.05) is 44.1 Å². The van der Waals surface area contributed by atoms with E-state index in [1.807, 2.05) is 25.3 Å². The van der Waals surface area contributed by atoms with Crippen molar-refractivity contribution < 1.29 is 4.74 Å². The summed E-state index contributed by atoms with van der Waals surface area (Å²) >= 11 is 0. The zero-order valence-electron chi connectivity index (χ0n) is 10.3. The monoisotopic (exact) mass is 236 g/mol. The van der Waals surface area contributed by atoms with E-state index in [9.17, 15) is 4.79 Å². The van der Waals surface area contributed by atoms with Crippen molar-refractivity contribution in [2.24, 2.45) is 0 Å². The molecule has 2 rings (SSSR count). The average Bonchev–Trinajstić information content (AvgIpc) is 2.36. The molecule has 0 unspecified atom stereocenters. The van der Waals surface area contributed by atoms with Crippen molar-refractivity contribution in [2.45, 2.75) is 32.4 Å². The van der Waals surface area contributed by atoms with Gasteiger partial charge in [0.15, 0.2) is 0 Å². The number of ether oxygens (including phenoxy) is 1. The molecule has 0 aliphatic carbocycles. The van der Waals surface area contributed by atoms with Crippen LogP contribution in [0.1, 0.15) is 18.4 Å². The molecule has 4 heteroatoms. The quantitative estimate of drug-likeness (QED) is 0.845. The normalized spacial score (nSPS) is 17.2. The standard InChI is InChI=1S/C13H20N2O2/c1-11-3-2-7-15(13(11)16)8-6-14-12-4-9-17-10-5-12/h2-3,7,12,14H,4-6,8-10H2,1H3. The van der Waals surface area contributed by atoms with Crippen LogP contribution in [0.3, 0.4) is 0 Å². The highest BCUT2D eigenvalue weighted by molar-refractivity contribution is 5.07. The number of aromatic nitrogens is 1. The molecule has 1 aliphatic heterocycles. The van der Waals surface area contributed by atoms with Crippen LogP contribution in [0.2, 0.25) is 0 Å². The van der Waals surface area contributed by atoms with E-state index in [1.54, 1.807) is 4.57 Å². The van der Waals surface area contributed by atoms with E-state index in [1.165, 1.54) is 0 Å². The van der Waals surface area contributed by atoms with Crippen molar-refractivity contribution in [2.75, 3.05) is 19.8 Å². The first-order chi connectivity index (χ1) is 8.27. The summed E-state index contributed by atoms with van der Waals surface area (Å²) in [6, 6.07) is 4.32. The van der Waals surface area contributed by atoms with Crippen molar-refractivity contribution in [3.63, 3.8) is 0 Å². The van der Waals surface area contributed by atoms with Gasteiger partial charge in [-0.25, -0.2) is 0 Å². The highest BCUT2D eigenvalue weighted by Gasteiger charge is 2.12. The van der Waals surface area contributed by atoms with E-state index in [0.717, 1.165) is 44.7 Å². The Morgan fingerprint density at radius 3 is 3.00 bits per heavy atom. The SMILES string of the molecule is Cc1cccn(CCNC2CCOCC2)c1=O. The van der Waals surface area contributed by atoms with Crippen LogP contribution in [0, 0.1) is 6.92 Å². The number of hydrogen-bond donors (Lipinski definition) is 1. The molecule has 1 aliphatic rings. The minimum absolute atomic E-state index is 0.112. The van der Waals surface area contributed by atoms with Gasteiger partial charge in [0.2, 0.25) is 0 Å². The van der Waals surface area contributed by atoms with Gasteiger partial charge in [0.1, 0.15) is 0 Å². The number of rotatable bonds is 4. The van der Waals surface area contributed by atoms with Crippen molar-refractivity contribution >= 4 is 0 Å². The summed E-state index contributed by atoms with van der Waals surface area (Å²) in [6.07, 6.45) is 3.99. The van der Waals surface area contributed by atoms with Gasteiger partial charge in [-0.2, -0.15) is 0 Å². The molecule has 17 heavy (non-hydrogen) atoms. The molecule has 0 amide bonds. The number of hydrogen-bond acceptors (Lipinski definition) is 3. The van der Waals surface area contributed by atoms with Gasteiger partial charge in [-0.3, -0.25) is 4.79 Å². The molecule has 4 nitrogen and oxygen atoms in total. The van der Waals surface area contributed by atoms with Crippen molar-refractivity contribution in [1.82, 2.24) is 9.88 Å². The molecular weight excluding hydrogens is 216 g/mol. The zero-order chi connectivity index (χ0) is 12.1. The smallest absolute Gasteiger partial charge is 0.253 e. The maximum absolute atomic E-state index is 11.8. The Hall–Kier alpha value is -1.13. The van der Waals surface area contributed by atoms with Crippen molar-refractivity contribution in [3.8, 4) is 0 Å². The third-order valence-electron chi connectivity index (χ3n) is 3.22. The molecule has 0 spiro atoms. The number of nitrogens with one attached hydrogen (secondary N) is 1. The van der Waals surface area contributed by atoms with Crippen LogP contribution in [0.4, 0.5) is 0 Å². The van der Waals surface area contributed by atoms with E-state index < -0.39 is 0 Å². The second-order valence-corrected chi connectivity index (χ2v) is 4.53. The summed E-state index contributed by atoms with van der Waals surface area (Å²) in [6.45, 7) is 5.13. The van der Waals surface area contributed by atoms with Crippen LogP contribution < -0.4 is 10.9 Å². The molecule has 0 atom stereocenters. The van der Waals surface area contributed by atoms with E-state index in [0.29, 0.717) is 6.04 Å². The fourth-order valence-corrected chi connectivity index (χ4v) is 2.12. The maximum Gasteiger partial charge on any atom is 0.253 e. The Morgan fingerprint density at radius 2 is 2.24 bits per heavy atom. The summed E-state index contributed by atoms with van der Waals surface area (Å²) in [5.74, 6) is 0. The molecule has 0 bridgehead atoms. The fourth-order valence-electron chi connectivity index (χ4n) is 2.12. The van der Waals surface area contributed by atoms with Crippen LogP contribution in [0.25, 0.3) is 0 Å². The van der Waals surface area contributed by atoms with Gasteiger partial charge in [0.05, 0.1) is 0 Å². The minimum atomic E-state index is 0.112. The molecule has 1 N–H and O–H groups in total. The molecule has 0 radical (unpaired) electrons. The number of nitrogens with zero attached hydrogens (tertiary/aromatic N) is 1. The predicted molar refractivity (Wildman–Crippen MR) is 67.3 cm³/mol. The topological polar surface area (TPSA) is 43.3 Å². The molecule has 0 saturated carbocycles. The molecule has 94 valence electrons. The zero-order valence-corrected chi connectivity index (χ0v) is 10.3. The third kappa shape index (κ3) is 3.41. The first-order valence-corrected chi connectivity index (χ1v) is 6.24. The molecule has 1 fully saturated rings. The van der Waals surface area contributed by atoms with Crippen molar-refractivity contribution in [3.05, 3.63) is 34.2 Å². The highest BCUT2D eigenvalue weighted by atomic mass is 16.5. The molecule has 1 aromatic rings. The third-order valence-corrected chi connectivity index (χ3v) is 3.22. The molecule has 1 saturated heterocycles. The van der Waals surface area contributed by atoms with Crippen LogP contribution >= 0.6 is 0 Å². The average molecular weight is 236 g/mol. The maximum atomic E-state index is 11.8. The molecule has 2 heterocycles. The highest BCUT2D eigenvalue weighted by Crippen LogP contribution is 2.05. The van der Waals surface area contributed by atoms with Crippen LogP contribution in [0.15, 0.2) is 23.1 Å². The van der Waals surface area contributed by atoms with Gasteiger partial charge in [-0.15, -0.1) is 0 Å². The number of aryl methyl sites for hydroxylation is 1. The number of pyridine rings is 1. The summed E-state index contributed by atoms with van der Waals surface area (Å²) < 4.78 is 7.07. The predicted octanol–water partition coefficient (Wildman–Crippen LogP) is 0.925. The summed E-state index contributed by atoms with van der Waals surface area (Å²) in [5.41, 5.74) is 0.917. The van der Waals surface area contributed by atoms with Crippen molar-refractivity contribution in [1.29, 1.82) is 0 Å². The lowest BCUT2D eigenvalue weighted by Crippen LogP contribution is -2.37. The Labute approximate surface area is 102 Å².